The number of aliphatic hydroxyl groups excluding tert-OH is 1. The number of benzene rings is 3. The number of carbonyl (C=O) groups excluding carboxylic acids is 3. The molecule has 4 rings (SSSR count). The average Bonchev–Trinajstić information content (AvgIpc) is 3.02. The van der Waals surface area contributed by atoms with Crippen LogP contribution in [0.5, 0.6) is 5.75 Å². The summed E-state index contributed by atoms with van der Waals surface area (Å²) in [6.45, 7) is 8.70. The van der Waals surface area contributed by atoms with E-state index in [1.807, 2.05) is 107 Å². The quantitative estimate of drug-likeness (QED) is 0.200. The minimum absolute atomic E-state index is 0.117. The largest absolute Gasteiger partial charge is 0.484 e. The molecule has 246 valence electrons. The van der Waals surface area contributed by atoms with E-state index in [1.165, 1.54) is 0 Å². The fourth-order valence-corrected chi connectivity index (χ4v) is 6.06. The van der Waals surface area contributed by atoms with Crippen LogP contribution in [0.1, 0.15) is 48.9 Å². The maximum atomic E-state index is 13.8. The van der Waals surface area contributed by atoms with E-state index < -0.39 is 24.2 Å². The van der Waals surface area contributed by atoms with Crippen molar-refractivity contribution in [1.82, 2.24) is 20.9 Å². The summed E-state index contributed by atoms with van der Waals surface area (Å²) < 4.78 is 5.82. The highest BCUT2D eigenvalue weighted by atomic mass is 16.5. The van der Waals surface area contributed by atoms with Crippen LogP contribution in [0, 0.1) is 19.8 Å². The van der Waals surface area contributed by atoms with Crippen molar-refractivity contribution in [3.05, 3.63) is 101 Å². The third-order valence-corrected chi connectivity index (χ3v) is 8.34. The molecular weight excluding hydrogens is 580 g/mol. The van der Waals surface area contributed by atoms with Gasteiger partial charge in [-0.05, 0) is 68.2 Å². The molecular formula is C37H48N4O5. The Kier molecular flexibility index (Phi) is 12.6. The molecule has 1 aliphatic heterocycles. The lowest BCUT2D eigenvalue weighted by Crippen LogP contribution is -2.59. The number of carbonyl (C=O) groups is 3. The van der Waals surface area contributed by atoms with Crippen molar-refractivity contribution in [3.63, 3.8) is 0 Å². The predicted octanol–water partition coefficient (Wildman–Crippen LogP) is 4.33. The Morgan fingerprint density at radius 2 is 1.59 bits per heavy atom. The second kappa shape index (κ2) is 16.8. The van der Waals surface area contributed by atoms with E-state index in [2.05, 4.69) is 16.0 Å². The minimum Gasteiger partial charge on any atom is -0.484 e. The number of ether oxygens (including phenoxy) is 1. The normalized spacial score (nSPS) is 15.8. The van der Waals surface area contributed by atoms with Crippen molar-refractivity contribution in [2.45, 2.75) is 77.6 Å². The summed E-state index contributed by atoms with van der Waals surface area (Å²) in [5, 5.41) is 20.7. The summed E-state index contributed by atoms with van der Waals surface area (Å²) in [5.74, 6) is -0.0904. The lowest BCUT2D eigenvalue weighted by molar-refractivity contribution is -0.128. The minimum atomic E-state index is -0.991. The molecule has 0 radical (unpaired) electrons. The van der Waals surface area contributed by atoms with E-state index in [0.717, 1.165) is 28.7 Å². The van der Waals surface area contributed by atoms with Gasteiger partial charge in [0.1, 0.15) is 11.8 Å². The number of nitrogens with one attached hydrogen (secondary N) is 3. The van der Waals surface area contributed by atoms with Gasteiger partial charge in [-0.25, -0.2) is 4.79 Å². The van der Waals surface area contributed by atoms with Gasteiger partial charge in [-0.15, -0.1) is 0 Å². The van der Waals surface area contributed by atoms with Gasteiger partial charge in [0.05, 0.1) is 12.1 Å². The first-order chi connectivity index (χ1) is 22.1. The number of amides is 4. The first-order valence-corrected chi connectivity index (χ1v) is 16.2. The molecule has 0 spiro atoms. The molecule has 0 bridgehead atoms. The van der Waals surface area contributed by atoms with Crippen LogP contribution in [0.4, 0.5) is 4.79 Å². The van der Waals surface area contributed by atoms with Gasteiger partial charge in [-0.1, -0.05) is 92.2 Å². The van der Waals surface area contributed by atoms with Crippen molar-refractivity contribution in [2.24, 2.45) is 5.92 Å². The van der Waals surface area contributed by atoms with E-state index in [1.54, 1.807) is 4.90 Å². The zero-order chi connectivity index (χ0) is 33.1. The number of urea groups is 1. The SMILES string of the molecule is Cc1ccc(OCC(=O)N[C@@H](Cc2ccccc2)[C@@H](O)C[C@@H](Cc2ccccc2)NC(=O)[C@H](C(C)C)N2CCCNC2=O)c(C)c1. The zero-order valence-corrected chi connectivity index (χ0v) is 27.4. The molecule has 0 unspecified atom stereocenters. The summed E-state index contributed by atoms with van der Waals surface area (Å²) >= 11 is 0. The molecule has 0 saturated carbocycles. The molecule has 4 N–H and O–H groups in total. The number of hydrogen-bond donors (Lipinski definition) is 4. The summed E-state index contributed by atoms with van der Waals surface area (Å²) in [6, 6.07) is 23.2. The molecule has 9 nitrogen and oxygen atoms in total. The maximum Gasteiger partial charge on any atom is 0.318 e. The monoisotopic (exact) mass is 628 g/mol. The molecule has 9 heteroatoms. The first kappa shape index (κ1) is 34.5. The molecule has 1 heterocycles. The van der Waals surface area contributed by atoms with Crippen LogP contribution in [-0.4, -0.2) is 71.8 Å². The maximum absolute atomic E-state index is 13.8. The summed E-state index contributed by atoms with van der Waals surface area (Å²) in [7, 11) is 0. The first-order valence-electron chi connectivity index (χ1n) is 16.2. The van der Waals surface area contributed by atoms with Gasteiger partial charge in [-0.2, -0.15) is 0 Å². The molecule has 3 aromatic carbocycles. The fourth-order valence-electron chi connectivity index (χ4n) is 6.06. The molecule has 0 aromatic heterocycles. The molecule has 46 heavy (non-hydrogen) atoms. The summed E-state index contributed by atoms with van der Waals surface area (Å²) in [6.07, 6.45) is 0.833. The van der Waals surface area contributed by atoms with Crippen molar-refractivity contribution in [1.29, 1.82) is 0 Å². The molecule has 1 saturated heterocycles. The fraction of sp³-hybridized carbons (Fsp3) is 0.432. The van der Waals surface area contributed by atoms with Gasteiger partial charge in [0.15, 0.2) is 6.61 Å². The molecule has 3 aromatic rings. The summed E-state index contributed by atoms with van der Waals surface area (Å²) in [5.41, 5.74) is 4.01. The van der Waals surface area contributed by atoms with E-state index in [-0.39, 0.29) is 36.8 Å². The lowest BCUT2D eigenvalue weighted by atomic mass is 9.92. The Hall–Kier alpha value is -4.37. The van der Waals surface area contributed by atoms with Crippen LogP contribution in [0.25, 0.3) is 0 Å². The van der Waals surface area contributed by atoms with Crippen LogP contribution in [0.2, 0.25) is 0 Å². The van der Waals surface area contributed by atoms with E-state index in [4.69, 9.17) is 4.74 Å². The predicted molar refractivity (Wildman–Crippen MR) is 180 cm³/mol. The highest BCUT2D eigenvalue weighted by Gasteiger charge is 2.35. The number of aliphatic hydroxyl groups is 1. The van der Waals surface area contributed by atoms with Crippen molar-refractivity contribution >= 4 is 17.8 Å². The van der Waals surface area contributed by atoms with Gasteiger partial charge in [0, 0.05) is 19.1 Å². The van der Waals surface area contributed by atoms with Crippen LogP contribution in [0.3, 0.4) is 0 Å². The second-order valence-electron chi connectivity index (χ2n) is 12.6. The van der Waals surface area contributed by atoms with E-state index in [9.17, 15) is 19.5 Å². The molecule has 4 atom stereocenters. The van der Waals surface area contributed by atoms with Gasteiger partial charge in [0.25, 0.3) is 5.91 Å². The highest BCUT2D eigenvalue weighted by Crippen LogP contribution is 2.20. The number of nitrogens with zero attached hydrogens (tertiary/aromatic N) is 1. The van der Waals surface area contributed by atoms with Gasteiger partial charge in [-0.3, -0.25) is 9.59 Å². The van der Waals surface area contributed by atoms with Crippen molar-refractivity contribution < 1.29 is 24.2 Å². The topological polar surface area (TPSA) is 120 Å². The van der Waals surface area contributed by atoms with Gasteiger partial charge in [0.2, 0.25) is 5.91 Å². The van der Waals surface area contributed by atoms with Crippen molar-refractivity contribution in [2.75, 3.05) is 19.7 Å². The highest BCUT2D eigenvalue weighted by molar-refractivity contribution is 5.87. The Morgan fingerprint density at radius 1 is 0.935 bits per heavy atom. The summed E-state index contributed by atoms with van der Waals surface area (Å²) in [4.78, 5) is 41.3. The van der Waals surface area contributed by atoms with Crippen LogP contribution in [0.15, 0.2) is 78.9 Å². The average molecular weight is 629 g/mol. The van der Waals surface area contributed by atoms with Gasteiger partial charge < -0.3 is 30.7 Å². The Labute approximate surface area is 272 Å². The van der Waals surface area contributed by atoms with Crippen LogP contribution >= 0.6 is 0 Å². The van der Waals surface area contributed by atoms with Gasteiger partial charge >= 0.3 is 6.03 Å². The number of aryl methyl sites for hydroxylation is 2. The molecule has 1 aliphatic rings. The molecule has 1 fully saturated rings. The third kappa shape index (κ3) is 10.1. The number of rotatable bonds is 15. The van der Waals surface area contributed by atoms with Crippen molar-refractivity contribution in [3.8, 4) is 5.75 Å². The zero-order valence-electron chi connectivity index (χ0n) is 27.4. The second-order valence-corrected chi connectivity index (χ2v) is 12.6. The third-order valence-electron chi connectivity index (χ3n) is 8.34. The standard InChI is InChI=1S/C37H48N4O5/c1-25(2)35(41-19-11-18-38-37(41)45)36(44)39-30(21-28-12-7-5-8-13-28)23-32(42)31(22-29-14-9-6-10-15-29)40-34(43)24-46-33-17-16-26(3)20-27(33)4/h5-10,12-17,20,25,30-32,35,42H,11,18-19,21-24H2,1-4H3,(H,38,45)(H,39,44)(H,40,43)/t30-,31+,32+,35+/m1/s1. The van der Waals surface area contributed by atoms with Crippen LogP contribution in [-0.2, 0) is 22.4 Å². The van der Waals surface area contributed by atoms with Crippen LogP contribution < -0.4 is 20.7 Å². The Bertz CT molecular complexity index is 1430. The molecule has 4 amide bonds. The molecule has 0 aliphatic carbocycles. The lowest BCUT2D eigenvalue weighted by Gasteiger charge is -2.37. The smallest absolute Gasteiger partial charge is 0.318 e. The Morgan fingerprint density at radius 3 is 2.20 bits per heavy atom. The Balaban J connectivity index is 1.51. The number of hydrogen-bond acceptors (Lipinski definition) is 5. The van der Waals surface area contributed by atoms with E-state index >= 15 is 0 Å². The van der Waals surface area contributed by atoms with E-state index in [0.29, 0.717) is 31.7 Å².